The van der Waals surface area contributed by atoms with E-state index in [0.717, 1.165) is 11.3 Å². The summed E-state index contributed by atoms with van der Waals surface area (Å²) >= 11 is 1.12. The maximum atomic E-state index is 12.1. The first kappa shape index (κ1) is 16.6. The quantitative estimate of drug-likeness (QED) is 0.824. The second-order valence-corrected chi connectivity index (χ2v) is 5.46. The van der Waals surface area contributed by atoms with E-state index in [4.69, 9.17) is 5.11 Å². The first-order chi connectivity index (χ1) is 11.0. The van der Waals surface area contributed by atoms with Crippen molar-refractivity contribution in [2.45, 2.75) is 6.42 Å². The van der Waals surface area contributed by atoms with Gasteiger partial charge in [-0.15, -0.1) is 11.3 Å². The molecule has 0 spiro atoms. The Morgan fingerprint density at radius 1 is 1.30 bits per heavy atom. The van der Waals surface area contributed by atoms with Crippen LogP contribution >= 0.6 is 11.3 Å². The summed E-state index contributed by atoms with van der Waals surface area (Å²) in [5, 5.41) is 13.0. The van der Waals surface area contributed by atoms with Gasteiger partial charge in [0.2, 0.25) is 0 Å². The number of anilines is 1. The molecule has 0 aliphatic carbocycles. The molecule has 0 fully saturated rings. The molecule has 0 aromatic carbocycles. The molecule has 0 aliphatic heterocycles. The number of carboxylic acid groups (broad SMARTS) is 1. The summed E-state index contributed by atoms with van der Waals surface area (Å²) in [7, 11) is 1.50. The molecule has 2 N–H and O–H groups in total. The highest BCUT2D eigenvalue weighted by molar-refractivity contribution is 7.14. The molecule has 0 saturated carbocycles. The van der Waals surface area contributed by atoms with Crippen molar-refractivity contribution in [2.24, 2.45) is 0 Å². The third-order valence-electron chi connectivity index (χ3n) is 2.89. The van der Waals surface area contributed by atoms with E-state index in [0.29, 0.717) is 10.7 Å². The van der Waals surface area contributed by atoms with Gasteiger partial charge in [0.15, 0.2) is 5.13 Å². The third-order valence-corrected chi connectivity index (χ3v) is 3.65. The predicted molar refractivity (Wildman–Crippen MR) is 83.5 cm³/mol. The van der Waals surface area contributed by atoms with Crippen LogP contribution < -0.4 is 5.32 Å². The molecular weight excluding hydrogens is 320 g/mol. The Bertz CT molecular complexity index is 717. The van der Waals surface area contributed by atoms with E-state index in [9.17, 15) is 14.4 Å². The summed E-state index contributed by atoms with van der Waals surface area (Å²) in [6.07, 6.45) is 2.87. The van der Waals surface area contributed by atoms with Gasteiger partial charge in [0.05, 0.1) is 6.42 Å². The number of carbonyl (C=O) groups excluding carboxylic acids is 2. The lowest BCUT2D eigenvalue weighted by atomic mass is 10.2. The maximum absolute atomic E-state index is 12.1. The zero-order valence-corrected chi connectivity index (χ0v) is 13.0. The van der Waals surface area contributed by atoms with Crippen molar-refractivity contribution in [3.8, 4) is 0 Å². The molecule has 120 valence electrons. The van der Waals surface area contributed by atoms with E-state index in [1.54, 1.807) is 12.1 Å². The van der Waals surface area contributed by atoms with Crippen molar-refractivity contribution < 1.29 is 19.5 Å². The number of carbonyl (C=O) groups is 3. The number of nitrogens with one attached hydrogen (secondary N) is 1. The molecule has 0 radical (unpaired) electrons. The molecule has 0 unspecified atom stereocenters. The van der Waals surface area contributed by atoms with Gasteiger partial charge in [0, 0.05) is 36.9 Å². The largest absolute Gasteiger partial charge is 0.481 e. The minimum Gasteiger partial charge on any atom is -0.481 e. The van der Waals surface area contributed by atoms with Crippen LogP contribution in [0.5, 0.6) is 0 Å². The molecule has 2 heterocycles. The molecule has 0 bridgehead atoms. The minimum atomic E-state index is -0.978. The van der Waals surface area contributed by atoms with Crippen LogP contribution in [0.1, 0.15) is 27.3 Å². The van der Waals surface area contributed by atoms with E-state index in [1.165, 1.54) is 29.7 Å². The Morgan fingerprint density at radius 2 is 2.00 bits per heavy atom. The molecule has 2 aromatic rings. The van der Waals surface area contributed by atoms with E-state index in [1.807, 2.05) is 0 Å². The van der Waals surface area contributed by atoms with E-state index >= 15 is 0 Å². The van der Waals surface area contributed by atoms with Crippen LogP contribution in [-0.2, 0) is 4.79 Å². The Balaban J connectivity index is 1.99. The second-order valence-electron chi connectivity index (χ2n) is 4.60. The summed E-state index contributed by atoms with van der Waals surface area (Å²) in [6.45, 7) is 0.0877. The summed E-state index contributed by atoms with van der Waals surface area (Å²) in [4.78, 5) is 43.7. The van der Waals surface area contributed by atoms with Crippen LogP contribution in [0.2, 0.25) is 0 Å². The number of amides is 2. The average Bonchev–Trinajstić information content (AvgIpc) is 3.01. The first-order valence-electron chi connectivity index (χ1n) is 6.61. The van der Waals surface area contributed by atoms with Gasteiger partial charge in [0.25, 0.3) is 11.8 Å². The Morgan fingerprint density at radius 3 is 2.65 bits per heavy atom. The van der Waals surface area contributed by atoms with Gasteiger partial charge in [0.1, 0.15) is 5.69 Å². The fraction of sp³-hybridized carbons (Fsp3) is 0.214. The second kappa shape index (κ2) is 7.45. The number of nitrogens with zero attached hydrogens (tertiary/aromatic N) is 3. The van der Waals surface area contributed by atoms with E-state index < -0.39 is 11.9 Å². The molecule has 2 rings (SSSR count). The van der Waals surface area contributed by atoms with Crippen molar-refractivity contribution >= 4 is 34.3 Å². The van der Waals surface area contributed by atoms with Crippen LogP contribution in [0.3, 0.4) is 0 Å². The van der Waals surface area contributed by atoms with Gasteiger partial charge in [-0.05, 0) is 12.1 Å². The number of hydrogen-bond acceptors (Lipinski definition) is 6. The van der Waals surface area contributed by atoms with Gasteiger partial charge in [-0.3, -0.25) is 24.7 Å². The van der Waals surface area contributed by atoms with E-state index in [2.05, 4.69) is 15.3 Å². The van der Waals surface area contributed by atoms with Crippen molar-refractivity contribution in [3.63, 3.8) is 0 Å². The standard InChI is InChI=1S/C14H14N4O4S/c1-18(7-4-11(19)20)13(22)10-8-23-14(16-10)17-12(21)9-2-5-15-6-3-9/h2-3,5-6,8H,4,7H2,1H3,(H,19,20)(H,16,17,21). The van der Waals surface area contributed by atoms with Crippen LogP contribution in [0.15, 0.2) is 29.9 Å². The fourth-order valence-corrected chi connectivity index (χ4v) is 2.34. The van der Waals surface area contributed by atoms with E-state index in [-0.39, 0.29) is 24.6 Å². The van der Waals surface area contributed by atoms with Gasteiger partial charge >= 0.3 is 5.97 Å². The van der Waals surface area contributed by atoms with Crippen molar-refractivity contribution in [1.29, 1.82) is 0 Å². The lowest BCUT2D eigenvalue weighted by Crippen LogP contribution is -2.29. The number of aromatic nitrogens is 2. The molecule has 0 aliphatic rings. The Hall–Kier alpha value is -2.81. The van der Waals surface area contributed by atoms with Gasteiger partial charge in [-0.2, -0.15) is 0 Å². The monoisotopic (exact) mass is 334 g/mol. The zero-order chi connectivity index (χ0) is 16.8. The van der Waals surface area contributed by atoms with Crippen LogP contribution in [0.25, 0.3) is 0 Å². The van der Waals surface area contributed by atoms with Gasteiger partial charge in [-0.1, -0.05) is 0 Å². The van der Waals surface area contributed by atoms with Gasteiger partial charge in [-0.25, -0.2) is 4.98 Å². The molecule has 23 heavy (non-hydrogen) atoms. The minimum absolute atomic E-state index is 0.0877. The normalized spacial score (nSPS) is 10.1. The van der Waals surface area contributed by atoms with Crippen LogP contribution in [0.4, 0.5) is 5.13 Å². The van der Waals surface area contributed by atoms with Gasteiger partial charge < -0.3 is 10.0 Å². The summed E-state index contributed by atoms with van der Waals surface area (Å²) in [5.74, 6) is -1.72. The number of thiazole rings is 1. The van der Waals surface area contributed by atoms with Crippen molar-refractivity contribution in [2.75, 3.05) is 18.9 Å². The highest BCUT2D eigenvalue weighted by Crippen LogP contribution is 2.17. The molecule has 0 atom stereocenters. The summed E-state index contributed by atoms with van der Waals surface area (Å²) in [6, 6.07) is 3.13. The Labute approximate surface area is 135 Å². The molecule has 2 amide bonds. The average molecular weight is 334 g/mol. The van der Waals surface area contributed by atoms with Crippen LogP contribution in [0, 0.1) is 0 Å². The maximum Gasteiger partial charge on any atom is 0.305 e. The number of rotatable bonds is 6. The highest BCUT2D eigenvalue weighted by Gasteiger charge is 2.17. The molecule has 9 heteroatoms. The molecule has 8 nitrogen and oxygen atoms in total. The molecule has 0 saturated heterocycles. The number of carboxylic acids is 1. The number of aliphatic carboxylic acids is 1. The topological polar surface area (TPSA) is 112 Å². The first-order valence-corrected chi connectivity index (χ1v) is 7.49. The zero-order valence-electron chi connectivity index (χ0n) is 12.2. The SMILES string of the molecule is CN(CCC(=O)O)C(=O)c1csc(NC(=O)c2ccncc2)n1. The van der Waals surface area contributed by atoms with Crippen LogP contribution in [-0.4, -0.2) is 51.4 Å². The summed E-state index contributed by atoms with van der Waals surface area (Å²) < 4.78 is 0. The third kappa shape index (κ3) is 4.58. The fourth-order valence-electron chi connectivity index (χ4n) is 1.66. The van der Waals surface area contributed by atoms with Crippen molar-refractivity contribution in [1.82, 2.24) is 14.9 Å². The Kier molecular flexibility index (Phi) is 5.36. The number of hydrogen-bond donors (Lipinski definition) is 2. The number of pyridine rings is 1. The smallest absolute Gasteiger partial charge is 0.305 e. The highest BCUT2D eigenvalue weighted by atomic mass is 32.1. The lowest BCUT2D eigenvalue weighted by Gasteiger charge is -2.14. The predicted octanol–water partition coefficient (Wildman–Crippen LogP) is 1.34. The summed E-state index contributed by atoms with van der Waals surface area (Å²) in [5.41, 5.74) is 0.592. The lowest BCUT2D eigenvalue weighted by molar-refractivity contribution is -0.137. The molecule has 2 aromatic heterocycles. The molecular formula is C14H14N4O4S. The van der Waals surface area contributed by atoms with Crippen molar-refractivity contribution in [3.05, 3.63) is 41.2 Å².